The van der Waals surface area contributed by atoms with Crippen molar-refractivity contribution >= 4 is 34.4 Å². The van der Waals surface area contributed by atoms with Crippen molar-refractivity contribution in [2.75, 3.05) is 0 Å². The zero-order valence-corrected chi connectivity index (χ0v) is 13.2. The Morgan fingerprint density at radius 1 is 1.29 bits per heavy atom. The van der Waals surface area contributed by atoms with E-state index in [-0.39, 0.29) is 16.5 Å². The summed E-state index contributed by atoms with van der Waals surface area (Å²) in [5.41, 5.74) is 1.33. The normalized spacial score (nSPS) is 10.5. The zero-order chi connectivity index (χ0) is 15.7. The molecule has 0 amide bonds. The molecule has 0 saturated carbocycles. The second-order valence-electron chi connectivity index (χ2n) is 4.57. The molecular formula is C14H12ClNO4S. The summed E-state index contributed by atoms with van der Waals surface area (Å²) in [6, 6.07) is 4.67. The van der Waals surface area contributed by atoms with E-state index < -0.39 is 4.92 Å². The topological polar surface area (TPSA) is 69.4 Å². The highest BCUT2D eigenvalue weighted by molar-refractivity contribution is 7.16. The highest BCUT2D eigenvalue weighted by atomic mass is 35.5. The van der Waals surface area contributed by atoms with Gasteiger partial charge in [0, 0.05) is 11.1 Å². The first-order valence-corrected chi connectivity index (χ1v) is 7.22. The number of nitrogens with zero attached hydrogens (tertiary/aromatic N) is 1. The van der Waals surface area contributed by atoms with E-state index in [0.29, 0.717) is 15.6 Å². The lowest BCUT2D eigenvalue weighted by Crippen LogP contribution is -1.93. The van der Waals surface area contributed by atoms with E-state index in [9.17, 15) is 14.9 Å². The molecule has 0 aliphatic rings. The fourth-order valence-corrected chi connectivity index (χ4v) is 3.09. The minimum Gasteiger partial charge on any atom is -0.439 e. The van der Waals surface area contributed by atoms with E-state index in [1.807, 2.05) is 0 Å². The van der Waals surface area contributed by atoms with Crippen molar-refractivity contribution in [3.05, 3.63) is 49.3 Å². The molecule has 7 heteroatoms. The fourth-order valence-electron chi connectivity index (χ4n) is 1.89. The van der Waals surface area contributed by atoms with Gasteiger partial charge in [-0.2, -0.15) is 0 Å². The van der Waals surface area contributed by atoms with Crippen LogP contribution < -0.4 is 4.74 Å². The van der Waals surface area contributed by atoms with Crippen LogP contribution in [0.4, 0.5) is 5.69 Å². The molecule has 0 atom stereocenters. The number of nitro groups is 1. The van der Waals surface area contributed by atoms with Crippen LogP contribution in [0, 0.1) is 24.0 Å². The summed E-state index contributed by atoms with van der Waals surface area (Å²) in [4.78, 5) is 22.2. The summed E-state index contributed by atoms with van der Waals surface area (Å²) in [7, 11) is 0. The SMILES string of the molecule is CC(=O)c1cc([N+](=O)[O-])c(Oc2c(C)cc(Cl)cc2C)s1. The maximum absolute atomic E-state index is 11.4. The Hall–Kier alpha value is -1.92. The van der Waals surface area contributed by atoms with Crippen molar-refractivity contribution in [1.82, 2.24) is 0 Å². The van der Waals surface area contributed by atoms with Crippen LogP contribution in [0.15, 0.2) is 18.2 Å². The third-order valence-electron chi connectivity index (χ3n) is 2.84. The molecule has 0 unspecified atom stereocenters. The number of ether oxygens (including phenoxy) is 1. The van der Waals surface area contributed by atoms with Crippen LogP contribution in [-0.4, -0.2) is 10.7 Å². The number of carbonyl (C=O) groups is 1. The number of ketones is 1. The minimum absolute atomic E-state index is 0.0960. The lowest BCUT2D eigenvalue weighted by Gasteiger charge is -2.10. The van der Waals surface area contributed by atoms with Gasteiger partial charge in [0.1, 0.15) is 5.75 Å². The number of carbonyl (C=O) groups excluding carboxylic acids is 1. The van der Waals surface area contributed by atoms with Gasteiger partial charge in [0.15, 0.2) is 5.78 Å². The zero-order valence-electron chi connectivity index (χ0n) is 11.6. The Morgan fingerprint density at radius 3 is 2.33 bits per heavy atom. The summed E-state index contributed by atoms with van der Waals surface area (Å²) >= 11 is 6.91. The lowest BCUT2D eigenvalue weighted by atomic mass is 10.1. The van der Waals surface area contributed by atoms with Crippen LogP contribution in [0.1, 0.15) is 27.7 Å². The average Bonchev–Trinajstić information content (AvgIpc) is 2.77. The quantitative estimate of drug-likeness (QED) is 0.454. The van der Waals surface area contributed by atoms with E-state index in [0.717, 1.165) is 22.5 Å². The van der Waals surface area contributed by atoms with Gasteiger partial charge in [-0.05, 0) is 44.0 Å². The Kier molecular flexibility index (Phi) is 4.29. The van der Waals surface area contributed by atoms with Crippen molar-refractivity contribution in [2.24, 2.45) is 0 Å². The van der Waals surface area contributed by atoms with Gasteiger partial charge < -0.3 is 4.74 Å². The Bertz CT molecular complexity index is 716. The predicted octanol–water partition coefficient (Wildman–Crippen LogP) is 4.92. The highest BCUT2D eigenvalue weighted by Gasteiger charge is 2.24. The van der Waals surface area contributed by atoms with Crippen molar-refractivity contribution < 1.29 is 14.5 Å². The molecule has 2 aromatic rings. The molecule has 0 aliphatic carbocycles. The number of thiophene rings is 1. The molecule has 21 heavy (non-hydrogen) atoms. The van der Waals surface area contributed by atoms with Crippen LogP contribution in [0.2, 0.25) is 5.02 Å². The van der Waals surface area contributed by atoms with Crippen LogP contribution in [-0.2, 0) is 0 Å². The van der Waals surface area contributed by atoms with Crippen LogP contribution in [0.5, 0.6) is 10.8 Å². The molecule has 1 aromatic heterocycles. The molecule has 110 valence electrons. The van der Waals surface area contributed by atoms with Gasteiger partial charge in [-0.1, -0.05) is 22.9 Å². The molecular weight excluding hydrogens is 314 g/mol. The number of Topliss-reactive ketones (excluding diaryl/α,β-unsaturated/α-hetero) is 1. The van der Waals surface area contributed by atoms with Gasteiger partial charge >= 0.3 is 5.69 Å². The molecule has 0 spiro atoms. The molecule has 0 radical (unpaired) electrons. The second-order valence-corrected chi connectivity index (χ2v) is 6.02. The van der Waals surface area contributed by atoms with E-state index in [2.05, 4.69) is 0 Å². The number of hydrogen-bond donors (Lipinski definition) is 0. The molecule has 0 saturated heterocycles. The maximum atomic E-state index is 11.4. The number of hydrogen-bond acceptors (Lipinski definition) is 5. The number of benzene rings is 1. The van der Waals surface area contributed by atoms with Crippen LogP contribution >= 0.6 is 22.9 Å². The summed E-state index contributed by atoms with van der Waals surface area (Å²) < 4.78 is 5.68. The first kappa shape index (κ1) is 15.5. The minimum atomic E-state index is -0.557. The van der Waals surface area contributed by atoms with E-state index in [1.165, 1.54) is 13.0 Å². The van der Waals surface area contributed by atoms with E-state index in [1.54, 1.807) is 26.0 Å². The molecule has 0 N–H and O–H groups in total. The largest absolute Gasteiger partial charge is 0.439 e. The van der Waals surface area contributed by atoms with Gasteiger partial charge in [-0.25, -0.2) is 0 Å². The average molecular weight is 326 g/mol. The van der Waals surface area contributed by atoms with Crippen LogP contribution in [0.3, 0.4) is 0 Å². The lowest BCUT2D eigenvalue weighted by molar-refractivity contribution is -0.385. The third-order valence-corrected chi connectivity index (χ3v) is 4.16. The molecule has 2 rings (SSSR count). The molecule has 1 heterocycles. The van der Waals surface area contributed by atoms with Crippen molar-refractivity contribution in [3.8, 4) is 10.8 Å². The molecule has 0 fully saturated rings. The predicted molar refractivity (Wildman–Crippen MR) is 82.0 cm³/mol. The highest BCUT2D eigenvalue weighted by Crippen LogP contribution is 2.42. The monoisotopic (exact) mass is 325 g/mol. The Labute approximate surface area is 130 Å². The summed E-state index contributed by atoms with van der Waals surface area (Å²) in [6.45, 7) is 4.97. The number of halogens is 1. The van der Waals surface area contributed by atoms with Crippen molar-refractivity contribution in [3.63, 3.8) is 0 Å². The molecule has 0 aliphatic heterocycles. The standard InChI is InChI=1S/C14H12ClNO4S/c1-7-4-10(15)5-8(2)13(7)20-14-11(16(18)19)6-12(21-14)9(3)17/h4-6H,1-3H3. The maximum Gasteiger partial charge on any atom is 0.323 e. The summed E-state index contributed by atoms with van der Waals surface area (Å²) in [5, 5.41) is 11.7. The Morgan fingerprint density at radius 2 is 1.86 bits per heavy atom. The third kappa shape index (κ3) is 3.22. The van der Waals surface area contributed by atoms with Gasteiger partial charge in [0.25, 0.3) is 5.06 Å². The fraction of sp³-hybridized carbons (Fsp3) is 0.214. The number of aryl methyl sites for hydroxylation is 2. The van der Waals surface area contributed by atoms with E-state index in [4.69, 9.17) is 16.3 Å². The van der Waals surface area contributed by atoms with Crippen molar-refractivity contribution in [2.45, 2.75) is 20.8 Å². The molecule has 1 aromatic carbocycles. The van der Waals surface area contributed by atoms with Crippen LogP contribution in [0.25, 0.3) is 0 Å². The van der Waals surface area contributed by atoms with Gasteiger partial charge in [0.2, 0.25) is 0 Å². The first-order chi connectivity index (χ1) is 9.79. The summed E-state index contributed by atoms with van der Waals surface area (Å²) in [5.74, 6) is 0.280. The van der Waals surface area contributed by atoms with Gasteiger partial charge in [0.05, 0.1) is 9.80 Å². The number of rotatable bonds is 4. The van der Waals surface area contributed by atoms with E-state index >= 15 is 0 Å². The van der Waals surface area contributed by atoms with Crippen molar-refractivity contribution in [1.29, 1.82) is 0 Å². The Balaban J connectivity index is 2.49. The smallest absolute Gasteiger partial charge is 0.323 e. The summed E-state index contributed by atoms with van der Waals surface area (Å²) in [6.07, 6.45) is 0. The van der Waals surface area contributed by atoms with Gasteiger partial charge in [-0.3, -0.25) is 14.9 Å². The second kappa shape index (κ2) is 5.83. The van der Waals surface area contributed by atoms with Gasteiger partial charge in [-0.15, -0.1) is 0 Å². The first-order valence-electron chi connectivity index (χ1n) is 6.03. The molecule has 5 nitrogen and oxygen atoms in total. The molecule has 0 bridgehead atoms.